The highest BCUT2D eigenvalue weighted by molar-refractivity contribution is 9.10. The van der Waals surface area contributed by atoms with Crippen molar-refractivity contribution in [1.82, 2.24) is 4.90 Å². The number of carbonyl (C=O) groups excluding carboxylic acids is 2. The van der Waals surface area contributed by atoms with Crippen LogP contribution < -0.4 is 9.21 Å². The number of rotatable bonds is 10. The molecule has 0 saturated carbocycles. The number of carbonyl (C=O) groups is 2. The summed E-state index contributed by atoms with van der Waals surface area (Å²) < 4.78 is 9.66. The van der Waals surface area contributed by atoms with Gasteiger partial charge in [0.25, 0.3) is 5.91 Å². The molecule has 46 heavy (non-hydrogen) atoms. The fourth-order valence-corrected chi connectivity index (χ4v) is 9.24. The molecule has 5 aromatic rings. The molecule has 0 N–H and O–H groups in total. The minimum atomic E-state index is -0.256. The molecule has 0 spiro atoms. The van der Waals surface area contributed by atoms with Gasteiger partial charge >= 0.3 is 5.97 Å². The normalized spacial score (nSPS) is 13.3. The van der Waals surface area contributed by atoms with Crippen LogP contribution in [0.25, 0.3) is 10.1 Å². The Morgan fingerprint density at radius 3 is 2.43 bits per heavy atom. The zero-order valence-corrected chi connectivity index (χ0v) is 30.2. The van der Waals surface area contributed by atoms with Crippen molar-refractivity contribution in [3.8, 4) is 0 Å². The van der Waals surface area contributed by atoms with Crippen LogP contribution in [0.5, 0.6) is 0 Å². The summed E-state index contributed by atoms with van der Waals surface area (Å²) in [6, 6.07) is 25.8. The molecule has 6 rings (SSSR count). The molecule has 3 heterocycles. The van der Waals surface area contributed by atoms with E-state index in [9.17, 15) is 9.59 Å². The van der Waals surface area contributed by atoms with E-state index in [0.29, 0.717) is 24.6 Å². The summed E-state index contributed by atoms with van der Waals surface area (Å²) in [5.74, 6) is -0.163. The van der Waals surface area contributed by atoms with Crippen molar-refractivity contribution in [2.75, 3.05) is 48.5 Å². The predicted molar refractivity (Wildman–Crippen MR) is 197 cm³/mol. The second-order valence-corrected chi connectivity index (χ2v) is 15.1. The van der Waals surface area contributed by atoms with Gasteiger partial charge in [0.15, 0.2) is 0 Å². The van der Waals surface area contributed by atoms with Gasteiger partial charge in [-0.15, -0.1) is 22.7 Å². The fraction of sp³-hybridized carbons (Fsp3) is 0.278. The van der Waals surface area contributed by atoms with Gasteiger partial charge in [0.1, 0.15) is 9.75 Å². The molecule has 238 valence electrons. The van der Waals surface area contributed by atoms with Gasteiger partial charge in [-0.25, -0.2) is 4.79 Å². The summed E-state index contributed by atoms with van der Waals surface area (Å²) >= 11 is 8.23. The Morgan fingerprint density at radius 2 is 1.72 bits per heavy atom. The number of thiophene rings is 2. The molecular weight excluding hydrogens is 699 g/mol. The van der Waals surface area contributed by atoms with E-state index in [-0.39, 0.29) is 11.9 Å². The highest BCUT2D eigenvalue weighted by Crippen LogP contribution is 2.40. The second-order valence-electron chi connectivity index (χ2n) is 11.2. The summed E-state index contributed by atoms with van der Waals surface area (Å²) in [4.78, 5) is 32.7. The number of halogens is 1. The number of fused-ring (bicyclic) bond motifs is 1. The lowest BCUT2D eigenvalue weighted by molar-refractivity contribution is 0.0531. The Bertz CT molecular complexity index is 1840. The van der Waals surface area contributed by atoms with Gasteiger partial charge in [-0.2, -0.15) is 0 Å². The molecule has 1 fully saturated rings. The third-order valence-electron chi connectivity index (χ3n) is 8.18. The molecule has 1 aliphatic rings. The Hall–Kier alpha value is -3.31. The molecule has 0 bridgehead atoms. The summed E-state index contributed by atoms with van der Waals surface area (Å²) in [5.41, 5.74) is 5.83. The first-order valence-electron chi connectivity index (χ1n) is 15.4. The first-order chi connectivity index (χ1) is 22.3. The molecule has 0 radical (unpaired) electrons. The van der Waals surface area contributed by atoms with Gasteiger partial charge in [-0.05, 0) is 113 Å². The monoisotopic (exact) mass is 733 g/mol. The van der Waals surface area contributed by atoms with Crippen molar-refractivity contribution in [3.05, 3.63) is 109 Å². The van der Waals surface area contributed by atoms with E-state index in [1.54, 1.807) is 11.9 Å². The maximum Gasteiger partial charge on any atom is 0.348 e. The van der Waals surface area contributed by atoms with E-state index in [2.05, 4.69) is 98.8 Å². The van der Waals surface area contributed by atoms with Gasteiger partial charge < -0.3 is 18.8 Å². The van der Waals surface area contributed by atoms with Crippen molar-refractivity contribution < 1.29 is 14.3 Å². The lowest BCUT2D eigenvalue weighted by Crippen LogP contribution is -2.49. The quantitative estimate of drug-likeness (QED) is 0.105. The van der Waals surface area contributed by atoms with Gasteiger partial charge in [0.2, 0.25) is 0 Å². The highest BCUT2D eigenvalue weighted by Gasteiger charge is 2.27. The summed E-state index contributed by atoms with van der Waals surface area (Å²) in [7, 11) is 0. The Labute approximate surface area is 291 Å². The number of esters is 1. The van der Waals surface area contributed by atoms with Crippen LogP contribution in [0.2, 0.25) is 0 Å². The third kappa shape index (κ3) is 7.15. The number of hydrogen-bond acceptors (Lipinski definition) is 8. The number of anilines is 2. The molecule has 1 saturated heterocycles. The molecule has 0 unspecified atom stereocenters. The van der Waals surface area contributed by atoms with Gasteiger partial charge in [0, 0.05) is 46.8 Å². The zero-order chi connectivity index (χ0) is 32.2. The van der Waals surface area contributed by atoms with Crippen LogP contribution in [-0.2, 0) is 11.2 Å². The number of amides is 1. The van der Waals surface area contributed by atoms with Crippen LogP contribution >= 0.6 is 50.6 Å². The number of ether oxygens (including phenoxy) is 1. The van der Waals surface area contributed by atoms with E-state index in [1.807, 2.05) is 30.2 Å². The van der Waals surface area contributed by atoms with Crippen LogP contribution in [-0.4, -0.2) is 56.1 Å². The number of benzene rings is 3. The van der Waals surface area contributed by atoms with E-state index in [1.165, 1.54) is 39.5 Å². The Kier molecular flexibility index (Phi) is 10.4. The van der Waals surface area contributed by atoms with Crippen molar-refractivity contribution in [3.63, 3.8) is 0 Å². The van der Waals surface area contributed by atoms with E-state index in [4.69, 9.17) is 4.74 Å². The minimum Gasteiger partial charge on any atom is -0.462 e. The lowest BCUT2D eigenvalue weighted by atomic mass is 10.1. The van der Waals surface area contributed by atoms with Gasteiger partial charge in [0.05, 0.1) is 18.0 Å². The van der Waals surface area contributed by atoms with Gasteiger partial charge in [-0.1, -0.05) is 42.0 Å². The zero-order valence-electron chi connectivity index (χ0n) is 26.1. The first kappa shape index (κ1) is 32.6. The SMILES string of the molecule is CCOC(=O)c1sc2ccc(SN(CCc3ccc(C)cc3)c3ccccc3N3CCN(C(=O)c4sccc4Br)CC3)cc2c1C. The van der Waals surface area contributed by atoms with Crippen molar-refractivity contribution in [2.45, 2.75) is 32.1 Å². The van der Waals surface area contributed by atoms with Crippen LogP contribution in [0.15, 0.2) is 87.5 Å². The average molecular weight is 735 g/mol. The molecule has 3 aromatic carbocycles. The van der Waals surface area contributed by atoms with Crippen LogP contribution in [0.1, 0.15) is 43.0 Å². The van der Waals surface area contributed by atoms with Gasteiger partial charge in [-0.3, -0.25) is 4.79 Å². The van der Waals surface area contributed by atoms with Crippen molar-refractivity contribution >= 4 is 83.9 Å². The third-order valence-corrected chi connectivity index (χ3v) is 12.3. The summed E-state index contributed by atoms with van der Waals surface area (Å²) in [6.45, 7) is 10.00. The van der Waals surface area contributed by atoms with Crippen LogP contribution in [0.3, 0.4) is 0 Å². The largest absolute Gasteiger partial charge is 0.462 e. The number of nitrogens with zero attached hydrogens (tertiary/aromatic N) is 3. The second kappa shape index (κ2) is 14.6. The Balaban J connectivity index is 1.27. The number of piperazine rings is 1. The average Bonchev–Trinajstić information content (AvgIpc) is 3.66. The van der Waals surface area contributed by atoms with Crippen molar-refractivity contribution in [1.29, 1.82) is 0 Å². The summed E-state index contributed by atoms with van der Waals surface area (Å²) in [5, 5.41) is 3.03. The molecule has 2 aromatic heterocycles. The molecule has 0 atom stereocenters. The maximum absolute atomic E-state index is 13.2. The molecule has 6 nitrogen and oxygen atoms in total. The fourth-order valence-electron chi connectivity index (χ4n) is 5.66. The van der Waals surface area contributed by atoms with Crippen LogP contribution in [0.4, 0.5) is 11.4 Å². The molecule has 0 aliphatic carbocycles. The standard InChI is InChI=1S/C36H36BrN3O3S3/c1-4-43-36(42)33-25(3)28-23-27(13-14-32(28)45-33)46-40(17-15-26-11-9-24(2)10-12-26)31-8-6-5-7-30(31)38-18-20-39(21-19-38)35(41)34-29(37)16-22-44-34/h5-14,16,22-23H,4,15,17-21H2,1-3H3. The molecule has 1 amide bonds. The van der Waals surface area contributed by atoms with E-state index >= 15 is 0 Å². The Morgan fingerprint density at radius 1 is 0.957 bits per heavy atom. The number of aryl methyl sites for hydroxylation is 2. The number of para-hydroxylation sites is 2. The van der Waals surface area contributed by atoms with E-state index in [0.717, 1.165) is 61.6 Å². The topological polar surface area (TPSA) is 53.1 Å². The van der Waals surface area contributed by atoms with Crippen LogP contribution in [0, 0.1) is 13.8 Å². The minimum absolute atomic E-state index is 0.0929. The highest BCUT2D eigenvalue weighted by atomic mass is 79.9. The maximum atomic E-state index is 13.2. The van der Waals surface area contributed by atoms with E-state index < -0.39 is 0 Å². The first-order valence-corrected chi connectivity index (χ1v) is 18.7. The predicted octanol–water partition coefficient (Wildman–Crippen LogP) is 9.24. The smallest absolute Gasteiger partial charge is 0.348 e. The lowest BCUT2D eigenvalue weighted by Gasteiger charge is -2.38. The number of hydrogen-bond donors (Lipinski definition) is 0. The van der Waals surface area contributed by atoms with Crippen molar-refractivity contribution in [2.24, 2.45) is 0 Å². The molecule has 1 aliphatic heterocycles. The molecular formula is C36H36BrN3O3S3. The molecule has 10 heteroatoms. The summed E-state index contributed by atoms with van der Waals surface area (Å²) in [6.07, 6.45) is 0.895.